The highest BCUT2D eigenvalue weighted by Gasteiger charge is 2.28. The van der Waals surface area contributed by atoms with Gasteiger partial charge in [-0.05, 0) is 43.6 Å². The summed E-state index contributed by atoms with van der Waals surface area (Å²) in [6.07, 6.45) is 4.72. The number of nitrogens with zero attached hydrogens (tertiary/aromatic N) is 2. The van der Waals surface area contributed by atoms with Crippen LogP contribution in [0.5, 0.6) is 0 Å². The summed E-state index contributed by atoms with van der Waals surface area (Å²) in [6, 6.07) is 8.39. The number of aromatic nitrogens is 1. The zero-order valence-corrected chi connectivity index (χ0v) is 13.3. The quantitative estimate of drug-likeness (QED) is 0.793. The molecule has 21 heavy (non-hydrogen) atoms. The summed E-state index contributed by atoms with van der Waals surface area (Å²) in [5.74, 6) is 0.342. The first-order valence-corrected chi connectivity index (χ1v) is 7.92. The molecule has 2 heterocycles. The van der Waals surface area contributed by atoms with E-state index in [1.54, 1.807) is 0 Å². The number of hydrogen-bond acceptors (Lipinski definition) is 4. The minimum Gasteiger partial charge on any atom is -0.442 e. The first-order chi connectivity index (χ1) is 10.2. The van der Waals surface area contributed by atoms with E-state index >= 15 is 0 Å². The second kappa shape index (κ2) is 6.54. The van der Waals surface area contributed by atoms with E-state index in [1.165, 1.54) is 18.0 Å². The smallest absolute Gasteiger partial charge is 0.263 e. The van der Waals surface area contributed by atoms with Crippen LogP contribution in [0, 0.1) is 5.92 Å². The van der Waals surface area contributed by atoms with E-state index in [2.05, 4.69) is 50.1 Å². The summed E-state index contributed by atoms with van der Waals surface area (Å²) < 4.78 is 6.20. The van der Waals surface area contributed by atoms with Crippen LogP contribution in [0.3, 0.4) is 0 Å². The summed E-state index contributed by atoms with van der Waals surface area (Å²) in [6.45, 7) is 2.81. The largest absolute Gasteiger partial charge is 0.442 e. The van der Waals surface area contributed by atoms with E-state index in [0.717, 1.165) is 36.9 Å². The number of Topliss-reactive ketones (excluding diaryl/α,β-unsaturated/α-hetero) is 1. The lowest BCUT2D eigenvalue weighted by molar-refractivity contribution is 0.0799. The molecular formula is C16H17BrN2O2. The summed E-state index contributed by atoms with van der Waals surface area (Å²) in [5, 5.41) is 0. The van der Waals surface area contributed by atoms with E-state index in [1.807, 2.05) is 0 Å². The molecular weight excluding hydrogens is 332 g/mol. The predicted molar refractivity (Wildman–Crippen MR) is 83.0 cm³/mol. The summed E-state index contributed by atoms with van der Waals surface area (Å²) >= 11 is 3.45. The van der Waals surface area contributed by atoms with Gasteiger partial charge in [0.25, 0.3) is 5.89 Å². The number of piperidine rings is 1. The van der Waals surface area contributed by atoms with E-state index < -0.39 is 0 Å². The normalized spacial score (nSPS) is 17.0. The van der Waals surface area contributed by atoms with Crippen LogP contribution < -0.4 is 0 Å². The Balaban J connectivity index is 1.53. The summed E-state index contributed by atoms with van der Waals surface area (Å²) in [5.41, 5.74) is 1.30. The average molecular weight is 349 g/mol. The molecule has 1 fully saturated rings. The number of carbonyl (C=O) groups excluding carboxylic acids is 1. The van der Waals surface area contributed by atoms with Crippen molar-refractivity contribution in [1.82, 2.24) is 9.88 Å². The van der Waals surface area contributed by atoms with Crippen molar-refractivity contribution < 1.29 is 9.21 Å². The predicted octanol–water partition coefficient (Wildman–Crippen LogP) is 3.53. The Morgan fingerprint density at radius 3 is 2.62 bits per heavy atom. The minimum atomic E-state index is 0.0447. The molecule has 2 aromatic rings. The second-order valence-corrected chi connectivity index (χ2v) is 6.29. The molecule has 0 radical (unpaired) electrons. The lowest BCUT2D eigenvalue weighted by Crippen LogP contribution is -2.36. The van der Waals surface area contributed by atoms with Crippen LogP contribution >= 0.6 is 15.9 Å². The van der Waals surface area contributed by atoms with E-state index in [0.29, 0.717) is 0 Å². The first kappa shape index (κ1) is 14.5. The number of rotatable bonds is 4. The highest BCUT2D eigenvalue weighted by molar-refractivity contribution is 9.10. The molecule has 0 aliphatic carbocycles. The summed E-state index contributed by atoms with van der Waals surface area (Å²) in [7, 11) is 0. The van der Waals surface area contributed by atoms with Crippen molar-refractivity contribution in [2.45, 2.75) is 19.4 Å². The Bertz CT molecular complexity index is 587. The van der Waals surface area contributed by atoms with E-state index in [-0.39, 0.29) is 17.6 Å². The SMILES string of the molecule is O=C(c1ncco1)C1CCN(Cc2ccc(Br)cc2)CC1. The molecule has 0 unspecified atom stereocenters. The van der Waals surface area contributed by atoms with Crippen LogP contribution in [-0.2, 0) is 6.54 Å². The molecule has 1 aliphatic rings. The van der Waals surface area contributed by atoms with Gasteiger partial charge in [-0.3, -0.25) is 9.69 Å². The maximum absolute atomic E-state index is 12.2. The Hall–Kier alpha value is -1.46. The minimum absolute atomic E-state index is 0.0447. The molecule has 0 atom stereocenters. The zero-order chi connectivity index (χ0) is 14.7. The van der Waals surface area contributed by atoms with Gasteiger partial charge in [0.1, 0.15) is 6.26 Å². The standard InChI is InChI=1S/C16H17BrN2O2/c17-14-3-1-12(2-4-14)11-19-8-5-13(6-9-19)15(20)16-18-7-10-21-16/h1-4,7,10,13H,5-6,8-9,11H2. The molecule has 110 valence electrons. The van der Waals surface area contributed by atoms with Crippen molar-refractivity contribution >= 4 is 21.7 Å². The van der Waals surface area contributed by atoms with Crippen molar-refractivity contribution in [3.05, 3.63) is 52.7 Å². The van der Waals surface area contributed by atoms with Gasteiger partial charge in [0.2, 0.25) is 5.78 Å². The fraction of sp³-hybridized carbons (Fsp3) is 0.375. The van der Waals surface area contributed by atoms with Crippen LogP contribution in [0.1, 0.15) is 29.1 Å². The number of carbonyl (C=O) groups is 1. The lowest BCUT2D eigenvalue weighted by atomic mass is 9.92. The fourth-order valence-corrected chi connectivity index (χ4v) is 2.99. The third-order valence-corrected chi connectivity index (χ3v) is 4.45. The van der Waals surface area contributed by atoms with Crippen LogP contribution in [0.15, 0.2) is 45.6 Å². The molecule has 0 spiro atoms. The maximum atomic E-state index is 12.2. The van der Waals surface area contributed by atoms with Crippen LogP contribution in [0.4, 0.5) is 0 Å². The van der Waals surface area contributed by atoms with Gasteiger partial charge in [-0.1, -0.05) is 28.1 Å². The molecule has 3 rings (SSSR count). The van der Waals surface area contributed by atoms with Crippen LogP contribution in [0.2, 0.25) is 0 Å². The van der Waals surface area contributed by atoms with Crippen molar-refractivity contribution in [2.24, 2.45) is 5.92 Å². The van der Waals surface area contributed by atoms with Crippen LogP contribution in [0.25, 0.3) is 0 Å². The lowest BCUT2D eigenvalue weighted by Gasteiger charge is -2.30. The molecule has 0 saturated carbocycles. The van der Waals surface area contributed by atoms with Crippen molar-refractivity contribution in [1.29, 1.82) is 0 Å². The molecule has 4 nitrogen and oxygen atoms in total. The Kier molecular flexibility index (Phi) is 4.51. The molecule has 0 N–H and O–H groups in total. The van der Waals surface area contributed by atoms with Gasteiger partial charge in [0.15, 0.2) is 0 Å². The van der Waals surface area contributed by atoms with Gasteiger partial charge < -0.3 is 4.42 Å². The highest BCUT2D eigenvalue weighted by atomic mass is 79.9. The Morgan fingerprint density at radius 2 is 2.00 bits per heavy atom. The molecule has 1 saturated heterocycles. The van der Waals surface area contributed by atoms with Gasteiger partial charge in [-0.15, -0.1) is 0 Å². The molecule has 1 aromatic carbocycles. The average Bonchev–Trinajstić information content (AvgIpc) is 3.04. The number of ketones is 1. The number of oxazole rings is 1. The Labute approximate surface area is 132 Å². The zero-order valence-electron chi connectivity index (χ0n) is 11.7. The second-order valence-electron chi connectivity index (χ2n) is 5.38. The number of halogens is 1. The topological polar surface area (TPSA) is 46.3 Å². The summed E-state index contributed by atoms with van der Waals surface area (Å²) in [4.78, 5) is 18.5. The molecule has 1 aromatic heterocycles. The maximum Gasteiger partial charge on any atom is 0.263 e. The van der Waals surface area contributed by atoms with Crippen molar-refractivity contribution in [3.8, 4) is 0 Å². The third-order valence-electron chi connectivity index (χ3n) is 3.92. The third kappa shape index (κ3) is 3.60. The Morgan fingerprint density at radius 1 is 1.29 bits per heavy atom. The highest BCUT2D eigenvalue weighted by Crippen LogP contribution is 2.22. The first-order valence-electron chi connectivity index (χ1n) is 7.13. The number of benzene rings is 1. The van der Waals surface area contributed by atoms with Crippen molar-refractivity contribution in [2.75, 3.05) is 13.1 Å². The van der Waals surface area contributed by atoms with Crippen LogP contribution in [-0.4, -0.2) is 28.8 Å². The fourth-order valence-electron chi connectivity index (χ4n) is 2.72. The van der Waals surface area contributed by atoms with Gasteiger partial charge >= 0.3 is 0 Å². The number of likely N-dealkylation sites (tertiary alicyclic amines) is 1. The van der Waals surface area contributed by atoms with Crippen molar-refractivity contribution in [3.63, 3.8) is 0 Å². The van der Waals surface area contributed by atoms with Gasteiger partial charge in [-0.2, -0.15) is 0 Å². The van der Waals surface area contributed by atoms with Gasteiger partial charge in [0, 0.05) is 16.9 Å². The van der Waals surface area contributed by atoms with E-state index in [9.17, 15) is 4.79 Å². The molecule has 5 heteroatoms. The molecule has 0 amide bonds. The van der Waals surface area contributed by atoms with Gasteiger partial charge in [-0.25, -0.2) is 4.98 Å². The van der Waals surface area contributed by atoms with E-state index in [4.69, 9.17) is 4.42 Å². The molecule has 1 aliphatic heterocycles. The number of hydrogen-bond donors (Lipinski definition) is 0. The molecule has 0 bridgehead atoms. The van der Waals surface area contributed by atoms with Gasteiger partial charge in [0.05, 0.1) is 6.20 Å². The monoisotopic (exact) mass is 348 g/mol.